The summed E-state index contributed by atoms with van der Waals surface area (Å²) in [5.74, 6) is -0.334. The minimum atomic E-state index is -4.15. The quantitative estimate of drug-likeness (QED) is 0.714. The molecule has 0 saturated heterocycles. The molecule has 1 N–H and O–H groups in total. The largest absolute Gasteiger partial charge is 0.396 e. The highest BCUT2D eigenvalue weighted by Crippen LogP contribution is 2.38. The zero-order chi connectivity index (χ0) is 9.99. The van der Waals surface area contributed by atoms with Crippen LogP contribution >= 0.6 is 0 Å². The average Bonchev–Trinajstić information content (AvgIpc) is 1.80. The Labute approximate surface area is 70.6 Å². The van der Waals surface area contributed by atoms with Gasteiger partial charge in [0.05, 0.1) is 0 Å². The van der Waals surface area contributed by atoms with Gasteiger partial charge in [-0.3, -0.25) is 0 Å². The molecule has 0 heterocycles. The fourth-order valence-electron chi connectivity index (χ4n) is 0.938. The molecule has 0 saturated carbocycles. The van der Waals surface area contributed by atoms with Gasteiger partial charge in [-0.25, -0.2) is 0 Å². The summed E-state index contributed by atoms with van der Waals surface area (Å²) in [5, 5.41) is 8.70. The van der Waals surface area contributed by atoms with Crippen LogP contribution in [0.3, 0.4) is 0 Å². The minimum absolute atomic E-state index is 0.205. The summed E-state index contributed by atoms with van der Waals surface area (Å²) in [6, 6.07) is 0. The van der Waals surface area contributed by atoms with Crippen LogP contribution in [0.5, 0.6) is 0 Å². The Morgan fingerprint density at radius 2 is 1.67 bits per heavy atom. The van der Waals surface area contributed by atoms with Gasteiger partial charge < -0.3 is 5.11 Å². The number of aliphatic hydroxyl groups excluding tert-OH is 1. The second-order valence-electron chi connectivity index (χ2n) is 3.86. The number of rotatable bonds is 3. The van der Waals surface area contributed by atoms with Crippen LogP contribution in [0.15, 0.2) is 0 Å². The average molecular weight is 184 g/mol. The number of aliphatic hydroxyl groups is 1. The fraction of sp³-hybridized carbons (Fsp3) is 1.00. The summed E-state index contributed by atoms with van der Waals surface area (Å²) < 4.78 is 35.9. The summed E-state index contributed by atoms with van der Waals surface area (Å²) >= 11 is 0. The minimum Gasteiger partial charge on any atom is -0.396 e. The van der Waals surface area contributed by atoms with Crippen LogP contribution < -0.4 is 0 Å². The topological polar surface area (TPSA) is 20.2 Å². The number of halogens is 3. The van der Waals surface area contributed by atoms with Crippen LogP contribution in [0.25, 0.3) is 0 Å². The van der Waals surface area contributed by atoms with Crippen molar-refractivity contribution in [2.24, 2.45) is 11.3 Å². The lowest BCUT2D eigenvalue weighted by molar-refractivity contribution is -0.161. The van der Waals surface area contributed by atoms with E-state index >= 15 is 0 Å². The second-order valence-corrected chi connectivity index (χ2v) is 3.86. The first-order chi connectivity index (χ1) is 5.19. The van der Waals surface area contributed by atoms with E-state index in [1.54, 1.807) is 6.92 Å². The van der Waals surface area contributed by atoms with Crippen molar-refractivity contribution in [1.29, 1.82) is 0 Å². The molecule has 0 aliphatic rings. The van der Waals surface area contributed by atoms with E-state index in [4.69, 9.17) is 5.11 Å². The summed E-state index contributed by atoms with van der Waals surface area (Å²) in [5.41, 5.74) is -0.882. The molecule has 0 spiro atoms. The van der Waals surface area contributed by atoms with Crippen LogP contribution in [0, 0.1) is 11.3 Å². The molecular weight excluding hydrogens is 169 g/mol. The number of hydrogen-bond donors (Lipinski definition) is 1. The summed E-state index contributed by atoms with van der Waals surface area (Å²) in [6.07, 6.45) is -4.99. The molecule has 0 aromatic carbocycles. The lowest BCUT2D eigenvalue weighted by atomic mass is 9.77. The molecule has 0 rings (SSSR count). The van der Waals surface area contributed by atoms with Gasteiger partial charge in [0, 0.05) is 13.0 Å². The van der Waals surface area contributed by atoms with Gasteiger partial charge in [-0.05, 0) is 11.3 Å². The van der Waals surface area contributed by atoms with Gasteiger partial charge in [-0.15, -0.1) is 0 Å². The zero-order valence-electron chi connectivity index (χ0n) is 7.57. The summed E-state index contributed by atoms with van der Waals surface area (Å²) in [4.78, 5) is 0. The van der Waals surface area contributed by atoms with Crippen molar-refractivity contribution in [3.63, 3.8) is 0 Å². The highest BCUT2D eigenvalue weighted by molar-refractivity contribution is 4.77. The van der Waals surface area contributed by atoms with E-state index in [-0.39, 0.29) is 12.5 Å². The van der Waals surface area contributed by atoms with E-state index in [0.29, 0.717) is 0 Å². The third kappa shape index (κ3) is 3.95. The van der Waals surface area contributed by atoms with Crippen molar-refractivity contribution < 1.29 is 18.3 Å². The van der Waals surface area contributed by atoms with E-state index in [2.05, 4.69) is 0 Å². The Morgan fingerprint density at radius 1 is 1.25 bits per heavy atom. The van der Waals surface area contributed by atoms with Gasteiger partial charge in [-0.2, -0.15) is 13.2 Å². The molecule has 74 valence electrons. The van der Waals surface area contributed by atoms with Crippen molar-refractivity contribution in [2.45, 2.75) is 33.4 Å². The zero-order valence-corrected chi connectivity index (χ0v) is 7.57. The molecule has 0 unspecified atom stereocenters. The Kier molecular flexibility index (Phi) is 3.57. The predicted molar refractivity (Wildman–Crippen MR) is 40.7 cm³/mol. The summed E-state index contributed by atoms with van der Waals surface area (Å²) in [6.45, 7) is 4.44. The lowest BCUT2D eigenvalue weighted by Crippen LogP contribution is -2.30. The van der Waals surface area contributed by atoms with E-state index in [1.807, 2.05) is 0 Å². The van der Waals surface area contributed by atoms with Gasteiger partial charge in [0.2, 0.25) is 0 Å². The van der Waals surface area contributed by atoms with E-state index in [9.17, 15) is 13.2 Å². The van der Waals surface area contributed by atoms with Crippen molar-refractivity contribution in [3.05, 3.63) is 0 Å². The van der Waals surface area contributed by atoms with Crippen LogP contribution in [-0.4, -0.2) is 17.9 Å². The smallest absolute Gasteiger partial charge is 0.389 e. The molecule has 0 aromatic rings. The first-order valence-corrected chi connectivity index (χ1v) is 3.86. The van der Waals surface area contributed by atoms with Gasteiger partial charge >= 0.3 is 6.18 Å². The lowest BCUT2D eigenvalue weighted by Gasteiger charge is -2.31. The molecule has 4 heteroatoms. The van der Waals surface area contributed by atoms with E-state index < -0.39 is 18.0 Å². The van der Waals surface area contributed by atoms with Gasteiger partial charge in [-0.1, -0.05) is 20.8 Å². The van der Waals surface area contributed by atoms with Crippen LogP contribution in [0.2, 0.25) is 0 Å². The Balaban J connectivity index is 4.22. The van der Waals surface area contributed by atoms with Crippen molar-refractivity contribution in [3.8, 4) is 0 Å². The molecule has 1 atom stereocenters. The van der Waals surface area contributed by atoms with Gasteiger partial charge in [0.1, 0.15) is 0 Å². The maximum atomic E-state index is 12.0. The van der Waals surface area contributed by atoms with Crippen LogP contribution in [0.1, 0.15) is 27.2 Å². The maximum absolute atomic E-state index is 12.0. The molecule has 0 radical (unpaired) electrons. The number of hydrogen-bond acceptors (Lipinski definition) is 1. The molecule has 0 aliphatic carbocycles. The highest BCUT2D eigenvalue weighted by atomic mass is 19.4. The molecule has 1 nitrogen and oxygen atoms in total. The van der Waals surface area contributed by atoms with Gasteiger partial charge in [0.15, 0.2) is 0 Å². The van der Waals surface area contributed by atoms with Crippen molar-refractivity contribution in [1.82, 2.24) is 0 Å². The highest BCUT2D eigenvalue weighted by Gasteiger charge is 2.39. The molecule has 0 bridgehead atoms. The Bertz CT molecular complexity index is 140. The monoisotopic (exact) mass is 184 g/mol. The SMILES string of the molecule is C[C@@H](CO)C(C)(C)CC(F)(F)F. The van der Waals surface area contributed by atoms with Crippen LogP contribution in [0.4, 0.5) is 13.2 Å². The first-order valence-electron chi connectivity index (χ1n) is 3.86. The van der Waals surface area contributed by atoms with Gasteiger partial charge in [0.25, 0.3) is 0 Å². The fourth-order valence-corrected chi connectivity index (χ4v) is 0.938. The first kappa shape index (κ1) is 11.8. The Hall–Kier alpha value is -0.250. The molecular formula is C8H15F3O. The number of alkyl halides is 3. The Morgan fingerprint density at radius 3 is 1.92 bits per heavy atom. The molecule has 0 aromatic heterocycles. The second kappa shape index (κ2) is 3.64. The van der Waals surface area contributed by atoms with Crippen molar-refractivity contribution in [2.75, 3.05) is 6.61 Å². The third-order valence-electron chi connectivity index (χ3n) is 2.26. The predicted octanol–water partition coefficient (Wildman–Crippen LogP) is 2.59. The normalized spacial score (nSPS) is 16.2. The third-order valence-corrected chi connectivity index (χ3v) is 2.26. The van der Waals surface area contributed by atoms with E-state index in [1.165, 1.54) is 13.8 Å². The molecule has 0 fully saturated rings. The van der Waals surface area contributed by atoms with Crippen LogP contribution in [-0.2, 0) is 0 Å². The standard InChI is InChI=1S/C8H15F3O/c1-6(4-12)7(2,3)5-8(9,10)11/h6,12H,4-5H2,1-3H3/t6-/m0/s1. The van der Waals surface area contributed by atoms with E-state index in [0.717, 1.165) is 0 Å². The molecule has 0 aliphatic heterocycles. The maximum Gasteiger partial charge on any atom is 0.389 e. The molecule has 12 heavy (non-hydrogen) atoms. The van der Waals surface area contributed by atoms with Crippen molar-refractivity contribution >= 4 is 0 Å². The summed E-state index contributed by atoms with van der Waals surface area (Å²) in [7, 11) is 0. The molecule has 0 amide bonds.